The molecule has 21 heavy (non-hydrogen) atoms. The Hall–Kier alpha value is -1.40. The van der Waals surface area contributed by atoms with E-state index in [0.717, 1.165) is 25.8 Å². The van der Waals surface area contributed by atoms with Gasteiger partial charge in [-0.2, -0.15) is 0 Å². The third-order valence-corrected chi connectivity index (χ3v) is 4.66. The molecule has 1 N–H and O–H groups in total. The Balaban J connectivity index is 1.99. The Morgan fingerprint density at radius 1 is 1.14 bits per heavy atom. The Bertz CT molecular complexity index is 623. The van der Waals surface area contributed by atoms with Crippen molar-refractivity contribution in [3.05, 3.63) is 68.3 Å². The van der Waals surface area contributed by atoms with Gasteiger partial charge >= 0.3 is 0 Å². The molecule has 0 atom stereocenters. The molecule has 0 heterocycles. The van der Waals surface area contributed by atoms with Crippen LogP contribution in [0, 0.1) is 10.5 Å². The van der Waals surface area contributed by atoms with Gasteiger partial charge in [0.05, 0.1) is 12.2 Å². The van der Waals surface area contributed by atoms with Crippen molar-refractivity contribution in [3.63, 3.8) is 0 Å². The molecule has 0 aliphatic rings. The van der Waals surface area contributed by atoms with E-state index in [2.05, 4.69) is 27.9 Å². The van der Waals surface area contributed by atoms with Crippen molar-refractivity contribution in [1.29, 1.82) is 0 Å². The van der Waals surface area contributed by atoms with Crippen LogP contribution >= 0.6 is 22.6 Å². The minimum Gasteiger partial charge on any atom is -0.380 e. The Labute approximate surface area is 138 Å². The number of methoxy groups -OCH3 is 1. The van der Waals surface area contributed by atoms with E-state index in [4.69, 9.17) is 4.74 Å². The van der Waals surface area contributed by atoms with Gasteiger partial charge in [-0.15, -0.1) is 0 Å². The highest BCUT2D eigenvalue weighted by Gasteiger charge is 2.10. The number of ether oxygens (including phenoxy) is 1. The van der Waals surface area contributed by atoms with Gasteiger partial charge in [-0.3, -0.25) is 4.79 Å². The van der Waals surface area contributed by atoms with Crippen LogP contribution in [0.15, 0.2) is 42.5 Å². The molecule has 0 unspecified atom stereocenters. The number of rotatable bonds is 5. The van der Waals surface area contributed by atoms with Crippen molar-refractivity contribution in [2.45, 2.75) is 20.1 Å². The molecule has 2 aromatic rings. The Morgan fingerprint density at radius 3 is 2.48 bits per heavy atom. The average Bonchev–Trinajstić information content (AvgIpc) is 2.49. The number of carbonyl (C=O) groups is 1. The van der Waals surface area contributed by atoms with Gasteiger partial charge in [0.1, 0.15) is 0 Å². The standard InChI is InChI=1S/C17H18INO2/c1-12-4-3-5-15(16(12)18)17(20)19-10-13-6-8-14(9-7-13)11-21-2/h3-9H,10-11H2,1-2H3,(H,19,20). The monoisotopic (exact) mass is 395 g/mol. The predicted octanol–water partition coefficient (Wildman–Crippen LogP) is 3.68. The number of hydrogen-bond acceptors (Lipinski definition) is 2. The van der Waals surface area contributed by atoms with Crippen LogP contribution in [0.2, 0.25) is 0 Å². The van der Waals surface area contributed by atoms with Crippen LogP contribution in [0.4, 0.5) is 0 Å². The molecule has 0 bridgehead atoms. The fraction of sp³-hybridized carbons (Fsp3) is 0.235. The van der Waals surface area contributed by atoms with Crippen molar-refractivity contribution >= 4 is 28.5 Å². The maximum absolute atomic E-state index is 12.2. The number of hydrogen-bond donors (Lipinski definition) is 1. The minimum atomic E-state index is -0.0379. The number of carbonyl (C=O) groups excluding carboxylic acids is 1. The molecular formula is C17H18INO2. The van der Waals surface area contributed by atoms with E-state index in [1.165, 1.54) is 0 Å². The molecule has 3 nitrogen and oxygen atoms in total. The van der Waals surface area contributed by atoms with Gasteiger partial charge in [-0.1, -0.05) is 36.4 Å². The summed E-state index contributed by atoms with van der Waals surface area (Å²) in [7, 11) is 1.68. The zero-order chi connectivity index (χ0) is 15.2. The molecule has 0 aromatic heterocycles. The third-order valence-electron chi connectivity index (χ3n) is 3.22. The maximum atomic E-state index is 12.2. The summed E-state index contributed by atoms with van der Waals surface area (Å²) in [6.45, 7) is 3.14. The van der Waals surface area contributed by atoms with E-state index in [1.807, 2.05) is 49.4 Å². The molecule has 0 radical (unpaired) electrons. The van der Waals surface area contributed by atoms with Crippen molar-refractivity contribution in [1.82, 2.24) is 5.32 Å². The first-order valence-corrected chi connectivity index (χ1v) is 7.79. The first-order valence-electron chi connectivity index (χ1n) is 6.72. The lowest BCUT2D eigenvalue weighted by atomic mass is 10.1. The van der Waals surface area contributed by atoms with Crippen LogP contribution in [0.25, 0.3) is 0 Å². The predicted molar refractivity (Wildman–Crippen MR) is 92.2 cm³/mol. The SMILES string of the molecule is COCc1ccc(CNC(=O)c2cccc(C)c2I)cc1. The second-order valence-corrected chi connectivity index (χ2v) is 5.95. The van der Waals surface area contributed by atoms with Gasteiger partial charge in [-0.25, -0.2) is 0 Å². The number of aryl methyl sites for hydroxylation is 1. The third kappa shape index (κ3) is 4.28. The number of amides is 1. The van der Waals surface area contributed by atoms with Gasteiger partial charge in [-0.05, 0) is 52.3 Å². The summed E-state index contributed by atoms with van der Waals surface area (Å²) in [5, 5.41) is 2.96. The van der Waals surface area contributed by atoms with Gasteiger partial charge < -0.3 is 10.1 Å². The highest BCUT2D eigenvalue weighted by molar-refractivity contribution is 14.1. The molecule has 0 saturated carbocycles. The first-order chi connectivity index (χ1) is 10.1. The van der Waals surface area contributed by atoms with E-state index in [9.17, 15) is 4.79 Å². The molecule has 0 aliphatic carbocycles. The largest absolute Gasteiger partial charge is 0.380 e. The molecule has 0 spiro atoms. The van der Waals surface area contributed by atoms with Gasteiger partial charge in [0.15, 0.2) is 0 Å². The van der Waals surface area contributed by atoms with E-state index in [0.29, 0.717) is 13.2 Å². The van der Waals surface area contributed by atoms with E-state index < -0.39 is 0 Å². The summed E-state index contributed by atoms with van der Waals surface area (Å²) in [6.07, 6.45) is 0. The first kappa shape index (κ1) is 16.0. The molecule has 110 valence electrons. The lowest BCUT2D eigenvalue weighted by Crippen LogP contribution is -2.23. The molecule has 0 aliphatic heterocycles. The second-order valence-electron chi connectivity index (χ2n) is 4.87. The van der Waals surface area contributed by atoms with Crippen molar-refractivity contribution in [3.8, 4) is 0 Å². The quantitative estimate of drug-likeness (QED) is 0.785. The molecule has 2 rings (SSSR count). The van der Waals surface area contributed by atoms with Crippen LogP contribution in [-0.4, -0.2) is 13.0 Å². The summed E-state index contributed by atoms with van der Waals surface area (Å²) in [5.41, 5.74) is 4.05. The molecule has 2 aromatic carbocycles. The van der Waals surface area contributed by atoms with Crippen LogP contribution in [-0.2, 0) is 17.9 Å². The lowest BCUT2D eigenvalue weighted by Gasteiger charge is -2.09. The summed E-state index contributed by atoms with van der Waals surface area (Å²) in [4.78, 5) is 12.2. The van der Waals surface area contributed by atoms with E-state index in [1.54, 1.807) is 7.11 Å². The smallest absolute Gasteiger partial charge is 0.252 e. The van der Waals surface area contributed by atoms with Crippen LogP contribution in [0.5, 0.6) is 0 Å². The zero-order valence-electron chi connectivity index (χ0n) is 12.2. The topological polar surface area (TPSA) is 38.3 Å². The van der Waals surface area contributed by atoms with E-state index >= 15 is 0 Å². The minimum absolute atomic E-state index is 0.0379. The fourth-order valence-corrected chi connectivity index (χ4v) is 2.62. The Morgan fingerprint density at radius 2 is 1.81 bits per heavy atom. The lowest BCUT2D eigenvalue weighted by molar-refractivity contribution is 0.0950. The molecule has 0 fully saturated rings. The maximum Gasteiger partial charge on any atom is 0.252 e. The summed E-state index contributed by atoms with van der Waals surface area (Å²) < 4.78 is 6.08. The summed E-state index contributed by atoms with van der Waals surface area (Å²) >= 11 is 2.21. The Kier molecular flexibility index (Phi) is 5.76. The molecule has 4 heteroatoms. The number of halogens is 1. The van der Waals surface area contributed by atoms with Gasteiger partial charge in [0.25, 0.3) is 5.91 Å². The zero-order valence-corrected chi connectivity index (χ0v) is 14.3. The van der Waals surface area contributed by atoms with Crippen LogP contribution in [0.3, 0.4) is 0 Å². The highest BCUT2D eigenvalue weighted by atomic mass is 127. The number of benzene rings is 2. The summed E-state index contributed by atoms with van der Waals surface area (Å²) in [6, 6.07) is 13.8. The molecule has 0 saturated heterocycles. The highest BCUT2D eigenvalue weighted by Crippen LogP contribution is 2.16. The second kappa shape index (κ2) is 7.56. The van der Waals surface area contributed by atoms with Gasteiger partial charge in [0.2, 0.25) is 0 Å². The normalized spacial score (nSPS) is 10.4. The van der Waals surface area contributed by atoms with Crippen molar-refractivity contribution in [2.24, 2.45) is 0 Å². The van der Waals surface area contributed by atoms with Gasteiger partial charge in [0, 0.05) is 17.2 Å². The van der Waals surface area contributed by atoms with Crippen LogP contribution < -0.4 is 5.32 Å². The van der Waals surface area contributed by atoms with Crippen molar-refractivity contribution < 1.29 is 9.53 Å². The number of nitrogens with one attached hydrogen (secondary N) is 1. The molecular weight excluding hydrogens is 377 g/mol. The average molecular weight is 395 g/mol. The van der Waals surface area contributed by atoms with Crippen molar-refractivity contribution in [2.75, 3.05) is 7.11 Å². The fourth-order valence-electron chi connectivity index (χ4n) is 2.02. The van der Waals surface area contributed by atoms with E-state index in [-0.39, 0.29) is 5.91 Å². The van der Waals surface area contributed by atoms with Crippen LogP contribution in [0.1, 0.15) is 27.0 Å². The summed E-state index contributed by atoms with van der Waals surface area (Å²) in [5.74, 6) is -0.0379. The molecule has 1 amide bonds.